The zero-order valence-corrected chi connectivity index (χ0v) is 6.35. The fourth-order valence-corrected chi connectivity index (χ4v) is 0.884. The van der Waals surface area contributed by atoms with Crippen LogP contribution in [0.3, 0.4) is 0 Å². The summed E-state index contributed by atoms with van der Waals surface area (Å²) in [6, 6.07) is 0. The summed E-state index contributed by atoms with van der Waals surface area (Å²) in [4.78, 5) is 15.0. The van der Waals surface area contributed by atoms with Crippen LogP contribution in [-0.4, -0.2) is 18.0 Å². The summed E-state index contributed by atoms with van der Waals surface area (Å²) in [5.74, 6) is 0.150. The van der Waals surface area contributed by atoms with E-state index in [1.165, 1.54) is 5.57 Å². The van der Waals surface area contributed by atoms with Gasteiger partial charge in [-0.2, -0.15) is 0 Å². The minimum absolute atomic E-state index is 0.150. The number of rotatable bonds is 2. The molecule has 1 aliphatic heterocycles. The highest BCUT2D eigenvalue weighted by atomic mass is 16.1. The van der Waals surface area contributed by atoms with Crippen molar-refractivity contribution in [1.29, 1.82) is 0 Å². The van der Waals surface area contributed by atoms with E-state index >= 15 is 0 Å². The number of aliphatic imine (C=N–C) groups is 1. The van der Waals surface area contributed by atoms with Gasteiger partial charge in [0.05, 0.1) is 6.54 Å². The first kappa shape index (κ1) is 7.19. The molecule has 2 nitrogen and oxygen atoms in total. The first-order chi connectivity index (χ1) is 4.74. The Labute approximate surface area is 60.7 Å². The van der Waals surface area contributed by atoms with E-state index < -0.39 is 0 Å². The summed E-state index contributed by atoms with van der Waals surface area (Å²) in [5.41, 5.74) is 1.83. The van der Waals surface area contributed by atoms with Crippen LogP contribution in [0.25, 0.3) is 0 Å². The van der Waals surface area contributed by atoms with E-state index in [1.54, 1.807) is 0 Å². The van der Waals surface area contributed by atoms with Gasteiger partial charge in [0.25, 0.3) is 0 Å². The Balaban J connectivity index is 2.67. The van der Waals surface area contributed by atoms with Crippen molar-refractivity contribution < 1.29 is 4.79 Å². The summed E-state index contributed by atoms with van der Waals surface area (Å²) >= 11 is 0. The molecular formula is C8H11NO. The minimum atomic E-state index is 0.150. The normalized spacial score (nSPS) is 16.6. The summed E-state index contributed by atoms with van der Waals surface area (Å²) < 4.78 is 0. The third-order valence-corrected chi connectivity index (χ3v) is 1.49. The SMILES string of the molecule is CCC(=O)C1=NCC(C)=C1. The molecule has 0 spiro atoms. The van der Waals surface area contributed by atoms with Crippen molar-refractivity contribution in [2.75, 3.05) is 6.54 Å². The van der Waals surface area contributed by atoms with Gasteiger partial charge in [0.1, 0.15) is 5.71 Å². The Bertz CT molecular complexity index is 213. The monoisotopic (exact) mass is 137 g/mol. The number of hydrogen-bond donors (Lipinski definition) is 0. The summed E-state index contributed by atoms with van der Waals surface area (Å²) in [7, 11) is 0. The highest BCUT2D eigenvalue weighted by Gasteiger charge is 2.10. The maximum atomic E-state index is 11.0. The van der Waals surface area contributed by atoms with Crippen LogP contribution in [0.15, 0.2) is 16.6 Å². The topological polar surface area (TPSA) is 29.4 Å². The lowest BCUT2D eigenvalue weighted by molar-refractivity contribution is -0.112. The number of Topliss-reactive ketones (excluding diaryl/α,β-unsaturated/α-hetero) is 1. The molecule has 2 heteroatoms. The van der Waals surface area contributed by atoms with Crippen LogP contribution in [0, 0.1) is 0 Å². The number of nitrogens with zero attached hydrogens (tertiary/aromatic N) is 1. The second-order valence-corrected chi connectivity index (χ2v) is 2.47. The lowest BCUT2D eigenvalue weighted by Crippen LogP contribution is -2.07. The zero-order valence-electron chi connectivity index (χ0n) is 6.35. The molecule has 0 aromatic rings. The van der Waals surface area contributed by atoms with Gasteiger partial charge in [0.2, 0.25) is 0 Å². The summed E-state index contributed by atoms with van der Waals surface area (Å²) in [6.07, 6.45) is 2.43. The van der Waals surface area contributed by atoms with E-state index in [0.29, 0.717) is 18.7 Å². The first-order valence-corrected chi connectivity index (χ1v) is 3.49. The van der Waals surface area contributed by atoms with Gasteiger partial charge >= 0.3 is 0 Å². The van der Waals surface area contributed by atoms with E-state index in [-0.39, 0.29) is 5.78 Å². The predicted octanol–water partition coefficient (Wildman–Crippen LogP) is 1.37. The fraction of sp³-hybridized carbons (Fsp3) is 0.500. The molecule has 0 N–H and O–H groups in total. The van der Waals surface area contributed by atoms with Crippen molar-refractivity contribution in [2.45, 2.75) is 20.3 Å². The molecule has 0 aromatic heterocycles. The van der Waals surface area contributed by atoms with Crippen LogP contribution in [0.5, 0.6) is 0 Å². The maximum absolute atomic E-state index is 11.0. The Hall–Kier alpha value is -0.920. The van der Waals surface area contributed by atoms with Crippen molar-refractivity contribution in [1.82, 2.24) is 0 Å². The molecule has 10 heavy (non-hydrogen) atoms. The molecule has 1 heterocycles. The molecular weight excluding hydrogens is 126 g/mol. The Kier molecular flexibility index (Phi) is 2.00. The van der Waals surface area contributed by atoms with Gasteiger partial charge < -0.3 is 0 Å². The van der Waals surface area contributed by atoms with Crippen molar-refractivity contribution in [2.24, 2.45) is 4.99 Å². The lowest BCUT2D eigenvalue weighted by Gasteiger charge is -1.89. The third-order valence-electron chi connectivity index (χ3n) is 1.49. The van der Waals surface area contributed by atoms with E-state index in [2.05, 4.69) is 4.99 Å². The molecule has 0 radical (unpaired) electrons. The lowest BCUT2D eigenvalue weighted by atomic mass is 10.2. The van der Waals surface area contributed by atoms with Crippen LogP contribution in [0.1, 0.15) is 20.3 Å². The molecule has 0 bridgehead atoms. The van der Waals surface area contributed by atoms with Crippen LogP contribution < -0.4 is 0 Å². The maximum Gasteiger partial charge on any atom is 0.180 e. The predicted molar refractivity (Wildman–Crippen MR) is 41.4 cm³/mol. The van der Waals surface area contributed by atoms with Crippen molar-refractivity contribution in [3.8, 4) is 0 Å². The molecule has 0 saturated carbocycles. The number of carbonyl (C=O) groups excluding carboxylic acids is 1. The fourth-order valence-electron chi connectivity index (χ4n) is 0.884. The van der Waals surface area contributed by atoms with Crippen molar-refractivity contribution >= 4 is 11.5 Å². The second-order valence-electron chi connectivity index (χ2n) is 2.47. The molecule has 1 rings (SSSR count). The highest BCUT2D eigenvalue weighted by molar-refractivity contribution is 6.44. The van der Waals surface area contributed by atoms with E-state index in [9.17, 15) is 4.79 Å². The standard InChI is InChI=1S/C8H11NO/c1-3-8(10)7-4-6(2)5-9-7/h4H,3,5H2,1-2H3. The zero-order chi connectivity index (χ0) is 7.56. The third kappa shape index (κ3) is 1.32. The van der Waals surface area contributed by atoms with E-state index in [1.807, 2.05) is 19.9 Å². The van der Waals surface area contributed by atoms with Crippen LogP contribution in [0.2, 0.25) is 0 Å². The molecule has 0 atom stereocenters. The minimum Gasteiger partial charge on any atom is -0.292 e. The average Bonchev–Trinajstić information content (AvgIpc) is 2.34. The molecule has 0 saturated heterocycles. The molecule has 54 valence electrons. The van der Waals surface area contributed by atoms with Gasteiger partial charge in [-0.3, -0.25) is 9.79 Å². The molecule has 0 fully saturated rings. The molecule has 0 aliphatic carbocycles. The van der Waals surface area contributed by atoms with Crippen LogP contribution >= 0.6 is 0 Å². The van der Waals surface area contributed by atoms with Crippen LogP contribution in [0.4, 0.5) is 0 Å². The number of carbonyl (C=O) groups is 1. The molecule has 0 unspecified atom stereocenters. The quantitative estimate of drug-likeness (QED) is 0.565. The van der Waals surface area contributed by atoms with Gasteiger partial charge in [-0.25, -0.2) is 0 Å². The van der Waals surface area contributed by atoms with Gasteiger partial charge in [-0.1, -0.05) is 6.92 Å². The van der Waals surface area contributed by atoms with E-state index in [4.69, 9.17) is 0 Å². The molecule has 0 aromatic carbocycles. The van der Waals surface area contributed by atoms with Crippen molar-refractivity contribution in [3.05, 3.63) is 11.6 Å². The van der Waals surface area contributed by atoms with Gasteiger partial charge in [0.15, 0.2) is 5.78 Å². The van der Waals surface area contributed by atoms with Gasteiger partial charge in [-0.05, 0) is 18.6 Å². The number of hydrogen-bond acceptors (Lipinski definition) is 2. The largest absolute Gasteiger partial charge is 0.292 e. The Morgan fingerprint density at radius 3 is 2.90 bits per heavy atom. The number of allylic oxidation sites excluding steroid dienone is 1. The summed E-state index contributed by atoms with van der Waals surface area (Å²) in [6.45, 7) is 4.55. The van der Waals surface area contributed by atoms with Gasteiger partial charge in [0, 0.05) is 6.42 Å². The Morgan fingerprint density at radius 2 is 2.50 bits per heavy atom. The van der Waals surface area contributed by atoms with Crippen LogP contribution in [-0.2, 0) is 4.79 Å². The Morgan fingerprint density at radius 1 is 1.80 bits per heavy atom. The van der Waals surface area contributed by atoms with E-state index in [0.717, 1.165) is 0 Å². The first-order valence-electron chi connectivity index (χ1n) is 3.49. The molecule has 0 amide bonds. The summed E-state index contributed by atoms with van der Waals surface area (Å²) in [5, 5.41) is 0. The molecule has 1 aliphatic rings. The highest BCUT2D eigenvalue weighted by Crippen LogP contribution is 2.05. The average molecular weight is 137 g/mol. The second kappa shape index (κ2) is 2.78. The number of ketones is 1. The smallest absolute Gasteiger partial charge is 0.180 e. The van der Waals surface area contributed by atoms with Crippen molar-refractivity contribution in [3.63, 3.8) is 0 Å². The van der Waals surface area contributed by atoms with Gasteiger partial charge in [-0.15, -0.1) is 0 Å².